The molecule has 9 heavy (non-hydrogen) atoms. The van der Waals surface area contributed by atoms with Gasteiger partial charge in [0.15, 0.2) is 0 Å². The monoisotopic (exact) mass is 165 g/mol. The maximum absolute atomic E-state index is 10.4. The number of hydrogen-bond acceptors (Lipinski definition) is 3. The van der Waals surface area contributed by atoms with Crippen molar-refractivity contribution in [1.82, 2.24) is 0 Å². The Morgan fingerprint density at radius 3 is 2.56 bits per heavy atom. The average Bonchev–Trinajstić information content (AvgIpc) is 1.63. The van der Waals surface area contributed by atoms with E-state index in [1.807, 2.05) is 0 Å². The van der Waals surface area contributed by atoms with E-state index < -0.39 is 9.84 Å². The first-order valence-electron chi connectivity index (χ1n) is 2.23. The first kappa shape index (κ1) is 8.79. The lowest BCUT2D eigenvalue weighted by molar-refractivity contribution is 0.603. The van der Waals surface area contributed by atoms with Crippen molar-refractivity contribution in [1.29, 1.82) is 0 Å². The summed E-state index contributed by atoms with van der Waals surface area (Å²) < 4.78 is 23.7. The Morgan fingerprint density at radius 1 is 1.67 bits per heavy atom. The van der Waals surface area contributed by atoms with Gasteiger partial charge in [-0.25, -0.2) is 19.2 Å². The van der Waals surface area contributed by atoms with E-state index in [0.29, 0.717) is 5.75 Å². The molecular formula is C4H7NO2S2. The van der Waals surface area contributed by atoms with Gasteiger partial charge in [0.05, 0.1) is 11.5 Å². The van der Waals surface area contributed by atoms with E-state index in [2.05, 4.69) is 4.25 Å². The van der Waals surface area contributed by atoms with Crippen molar-refractivity contribution in [2.75, 3.05) is 17.8 Å². The third-order valence-electron chi connectivity index (χ3n) is 0.610. The predicted molar refractivity (Wildman–Crippen MR) is 38.8 cm³/mol. The van der Waals surface area contributed by atoms with Crippen molar-refractivity contribution >= 4 is 21.8 Å². The van der Waals surface area contributed by atoms with Gasteiger partial charge in [-0.05, 0) is 0 Å². The molecule has 0 aromatic heterocycles. The SMILES string of the molecule is [C-]#[N+]SCCS(C)(=O)=O. The van der Waals surface area contributed by atoms with Crippen LogP contribution in [-0.2, 0) is 9.84 Å². The van der Waals surface area contributed by atoms with Crippen molar-refractivity contribution < 1.29 is 8.42 Å². The topological polar surface area (TPSA) is 38.5 Å². The van der Waals surface area contributed by atoms with E-state index in [0.717, 1.165) is 18.2 Å². The van der Waals surface area contributed by atoms with Crippen LogP contribution in [0.2, 0.25) is 0 Å². The van der Waals surface area contributed by atoms with Gasteiger partial charge >= 0.3 is 0 Å². The first-order valence-corrected chi connectivity index (χ1v) is 5.23. The fraction of sp³-hybridized carbons (Fsp3) is 0.750. The lowest BCUT2D eigenvalue weighted by Gasteiger charge is -1.87. The van der Waals surface area contributed by atoms with Crippen LogP contribution in [-0.4, -0.2) is 26.2 Å². The number of sulfone groups is 1. The van der Waals surface area contributed by atoms with Crippen molar-refractivity contribution in [3.8, 4) is 0 Å². The molecule has 0 unspecified atom stereocenters. The van der Waals surface area contributed by atoms with E-state index in [1.165, 1.54) is 0 Å². The fourth-order valence-electron chi connectivity index (χ4n) is 0.234. The second-order valence-corrected chi connectivity index (χ2v) is 4.66. The predicted octanol–water partition coefficient (Wildman–Crippen LogP) is 0.598. The van der Waals surface area contributed by atoms with Gasteiger partial charge in [0.1, 0.15) is 9.84 Å². The van der Waals surface area contributed by atoms with Crippen LogP contribution in [0.3, 0.4) is 0 Å². The van der Waals surface area contributed by atoms with E-state index >= 15 is 0 Å². The van der Waals surface area contributed by atoms with Gasteiger partial charge in [0.2, 0.25) is 0 Å². The van der Waals surface area contributed by atoms with Crippen LogP contribution in [0.5, 0.6) is 0 Å². The van der Waals surface area contributed by atoms with Crippen LogP contribution in [0.4, 0.5) is 0 Å². The zero-order valence-corrected chi connectivity index (χ0v) is 6.63. The van der Waals surface area contributed by atoms with Gasteiger partial charge in [-0.15, -0.1) is 0 Å². The van der Waals surface area contributed by atoms with Crippen LogP contribution in [0.1, 0.15) is 0 Å². The Morgan fingerprint density at radius 2 is 2.22 bits per heavy atom. The Labute approximate surface area is 59.3 Å². The normalized spacial score (nSPS) is 10.7. The molecule has 0 aromatic rings. The van der Waals surface area contributed by atoms with Crippen LogP contribution < -0.4 is 0 Å². The Hall–Kier alpha value is -0.210. The van der Waals surface area contributed by atoms with Crippen LogP contribution >= 0.6 is 11.9 Å². The molecule has 0 atom stereocenters. The van der Waals surface area contributed by atoms with Gasteiger partial charge in [0.25, 0.3) is 11.9 Å². The molecule has 0 aliphatic rings. The molecule has 0 aliphatic carbocycles. The largest absolute Gasteiger partial charge is 0.257 e. The molecule has 0 saturated carbocycles. The number of rotatable bonds is 3. The van der Waals surface area contributed by atoms with Crippen molar-refractivity contribution in [3.05, 3.63) is 10.8 Å². The van der Waals surface area contributed by atoms with Crippen LogP contribution in [0, 0.1) is 6.57 Å². The smallest absolute Gasteiger partial charge is 0.229 e. The molecule has 52 valence electrons. The average molecular weight is 165 g/mol. The highest BCUT2D eigenvalue weighted by Crippen LogP contribution is 2.00. The number of hydrogen-bond donors (Lipinski definition) is 0. The molecule has 0 aliphatic heterocycles. The third kappa shape index (κ3) is 7.79. The standard InChI is InChI=1S/C4H7NO2S2/c1-5-8-3-4-9(2,6)7/h3-4H2,2H3. The summed E-state index contributed by atoms with van der Waals surface area (Å²) in [6.45, 7) is 6.30. The zero-order chi connectivity index (χ0) is 7.33. The van der Waals surface area contributed by atoms with Gasteiger partial charge in [-0.1, -0.05) is 0 Å². The summed E-state index contributed by atoms with van der Waals surface area (Å²) in [5, 5.41) is 0. The summed E-state index contributed by atoms with van der Waals surface area (Å²) in [4.78, 5) is 0. The summed E-state index contributed by atoms with van der Waals surface area (Å²) >= 11 is 0.947. The molecule has 3 nitrogen and oxygen atoms in total. The summed E-state index contributed by atoms with van der Waals surface area (Å²) in [7, 11) is -2.86. The van der Waals surface area contributed by atoms with Crippen molar-refractivity contribution in [2.24, 2.45) is 0 Å². The summed E-state index contributed by atoms with van der Waals surface area (Å²) in [6, 6.07) is 0. The second-order valence-electron chi connectivity index (χ2n) is 1.55. The minimum absolute atomic E-state index is 0.0973. The molecule has 0 amide bonds. The van der Waals surface area contributed by atoms with E-state index in [4.69, 9.17) is 6.57 Å². The van der Waals surface area contributed by atoms with Gasteiger partial charge in [-0.2, -0.15) is 0 Å². The van der Waals surface area contributed by atoms with E-state index in [-0.39, 0.29) is 5.75 Å². The maximum Gasteiger partial charge on any atom is 0.257 e. The molecule has 0 radical (unpaired) electrons. The van der Waals surface area contributed by atoms with E-state index in [1.54, 1.807) is 0 Å². The highest BCUT2D eigenvalue weighted by atomic mass is 32.2. The fourth-order valence-corrected chi connectivity index (χ4v) is 1.83. The quantitative estimate of drug-likeness (QED) is 0.349. The lowest BCUT2D eigenvalue weighted by Crippen LogP contribution is -2.04. The summed E-state index contributed by atoms with van der Waals surface area (Å²) in [5.74, 6) is 0.475. The summed E-state index contributed by atoms with van der Waals surface area (Å²) in [5.41, 5.74) is 0. The van der Waals surface area contributed by atoms with Crippen molar-refractivity contribution in [2.45, 2.75) is 0 Å². The second kappa shape index (κ2) is 3.75. The molecule has 0 saturated heterocycles. The summed E-state index contributed by atoms with van der Waals surface area (Å²) in [6.07, 6.45) is 1.16. The third-order valence-corrected chi connectivity index (χ3v) is 2.33. The lowest BCUT2D eigenvalue weighted by atomic mass is 11.0. The van der Waals surface area contributed by atoms with Crippen LogP contribution in [0.25, 0.3) is 4.25 Å². The molecule has 0 bridgehead atoms. The molecule has 0 aromatic carbocycles. The molecule has 0 N–H and O–H groups in total. The Balaban J connectivity index is 3.44. The highest BCUT2D eigenvalue weighted by molar-refractivity contribution is 8.02. The maximum atomic E-state index is 10.4. The molecular weight excluding hydrogens is 158 g/mol. The highest BCUT2D eigenvalue weighted by Gasteiger charge is 2.02. The van der Waals surface area contributed by atoms with E-state index in [9.17, 15) is 8.42 Å². The molecule has 0 spiro atoms. The molecule has 5 heteroatoms. The van der Waals surface area contributed by atoms with Crippen LogP contribution in [0.15, 0.2) is 0 Å². The molecule has 0 rings (SSSR count). The first-order chi connectivity index (χ1) is 4.06. The Bertz CT molecular complexity index is 201. The minimum atomic E-state index is -2.86. The van der Waals surface area contributed by atoms with Gasteiger partial charge in [-0.3, -0.25) is 0 Å². The number of nitrogens with zero attached hydrogens (tertiary/aromatic N) is 1. The minimum Gasteiger partial charge on any atom is -0.229 e. The molecule has 0 fully saturated rings. The van der Waals surface area contributed by atoms with Gasteiger partial charge in [0, 0.05) is 6.26 Å². The molecule has 0 heterocycles. The Kier molecular flexibility index (Phi) is 3.66. The van der Waals surface area contributed by atoms with Crippen molar-refractivity contribution in [3.63, 3.8) is 0 Å². The zero-order valence-electron chi connectivity index (χ0n) is 4.99. The van der Waals surface area contributed by atoms with Gasteiger partial charge < -0.3 is 0 Å².